The molecule has 0 aromatic heterocycles. The number of rotatable bonds is 3. The van der Waals surface area contributed by atoms with Crippen LogP contribution < -0.4 is 5.32 Å². The number of likely N-dealkylation sites (tertiary alicyclic amines) is 1. The number of nitrogens with zero attached hydrogens (tertiary/aromatic N) is 1. The summed E-state index contributed by atoms with van der Waals surface area (Å²) >= 11 is 0. The number of carboxylic acids is 1. The zero-order valence-electron chi connectivity index (χ0n) is 11.8. The van der Waals surface area contributed by atoms with Crippen molar-refractivity contribution in [2.24, 2.45) is 11.8 Å². The van der Waals surface area contributed by atoms with Gasteiger partial charge in [0, 0.05) is 12.6 Å². The highest BCUT2D eigenvalue weighted by atomic mass is 16.4. The van der Waals surface area contributed by atoms with Gasteiger partial charge in [-0.25, -0.2) is 9.59 Å². The number of carbonyl (C=O) groups excluding carboxylic acids is 1. The van der Waals surface area contributed by atoms with Crippen molar-refractivity contribution in [2.75, 3.05) is 6.54 Å². The number of carbonyl (C=O) groups is 2. The summed E-state index contributed by atoms with van der Waals surface area (Å²) in [6.45, 7) is 4.80. The van der Waals surface area contributed by atoms with Crippen molar-refractivity contribution < 1.29 is 14.7 Å². The number of aliphatic carboxylic acids is 1. The Bertz CT molecular complexity index is 353. The van der Waals surface area contributed by atoms with Crippen LogP contribution in [0, 0.1) is 11.8 Å². The number of piperidine rings is 1. The van der Waals surface area contributed by atoms with Crippen molar-refractivity contribution in [2.45, 2.75) is 58.0 Å². The quantitative estimate of drug-likeness (QED) is 0.823. The Balaban J connectivity index is 1.93. The van der Waals surface area contributed by atoms with E-state index in [2.05, 4.69) is 19.2 Å². The predicted octanol–water partition coefficient (Wildman–Crippen LogP) is 2.07. The van der Waals surface area contributed by atoms with Gasteiger partial charge in [0.25, 0.3) is 0 Å². The Labute approximate surface area is 114 Å². The number of amides is 2. The van der Waals surface area contributed by atoms with E-state index in [-0.39, 0.29) is 12.1 Å². The number of nitrogens with one attached hydrogen (secondary N) is 1. The summed E-state index contributed by atoms with van der Waals surface area (Å²) in [4.78, 5) is 25.0. The van der Waals surface area contributed by atoms with E-state index < -0.39 is 12.0 Å². The summed E-state index contributed by atoms with van der Waals surface area (Å²) in [7, 11) is 0. The molecule has 1 heterocycles. The second kappa shape index (κ2) is 5.80. The maximum Gasteiger partial charge on any atom is 0.326 e. The molecule has 0 radical (unpaired) electrons. The molecule has 2 fully saturated rings. The smallest absolute Gasteiger partial charge is 0.326 e. The first-order valence-electron chi connectivity index (χ1n) is 7.31. The van der Waals surface area contributed by atoms with E-state index >= 15 is 0 Å². The van der Waals surface area contributed by atoms with Crippen LogP contribution in [0.15, 0.2) is 0 Å². The lowest BCUT2D eigenvalue weighted by molar-refractivity contribution is -0.144. The fraction of sp³-hybridized carbons (Fsp3) is 0.857. The third-order valence-electron chi connectivity index (χ3n) is 4.54. The number of hydrogen-bond donors (Lipinski definition) is 2. The average molecular weight is 268 g/mol. The van der Waals surface area contributed by atoms with Crippen molar-refractivity contribution in [3.63, 3.8) is 0 Å². The lowest BCUT2D eigenvalue weighted by Gasteiger charge is -2.40. The first-order chi connectivity index (χ1) is 9.01. The molecule has 2 N–H and O–H groups in total. The summed E-state index contributed by atoms with van der Waals surface area (Å²) < 4.78 is 0. The Morgan fingerprint density at radius 1 is 1.32 bits per heavy atom. The summed E-state index contributed by atoms with van der Waals surface area (Å²) in [6.07, 6.45) is 4.50. The molecule has 108 valence electrons. The van der Waals surface area contributed by atoms with Crippen LogP contribution in [-0.4, -0.2) is 40.6 Å². The molecule has 1 aliphatic carbocycles. The average Bonchev–Trinajstić information content (AvgIpc) is 2.36. The van der Waals surface area contributed by atoms with Gasteiger partial charge in [-0.15, -0.1) is 0 Å². The summed E-state index contributed by atoms with van der Waals surface area (Å²) in [5, 5.41) is 12.3. The monoisotopic (exact) mass is 268 g/mol. The standard InChI is InChI=1S/C14H24N2O3/c1-3-10-4-5-16(12(8-10)13(17)18)14(19)15-11-6-9(2)7-11/h9-12H,3-8H2,1-2H3,(H,15,19)(H,17,18). The maximum atomic E-state index is 12.2. The highest BCUT2D eigenvalue weighted by molar-refractivity contribution is 5.83. The van der Waals surface area contributed by atoms with Crippen molar-refractivity contribution in [3.8, 4) is 0 Å². The molecule has 5 heteroatoms. The Morgan fingerprint density at radius 2 is 2.00 bits per heavy atom. The fourth-order valence-electron chi connectivity index (χ4n) is 3.16. The van der Waals surface area contributed by atoms with Gasteiger partial charge >= 0.3 is 12.0 Å². The van der Waals surface area contributed by atoms with Gasteiger partial charge in [0.2, 0.25) is 0 Å². The van der Waals surface area contributed by atoms with Crippen LogP contribution in [0.3, 0.4) is 0 Å². The van der Waals surface area contributed by atoms with Gasteiger partial charge in [-0.05, 0) is 37.5 Å². The van der Waals surface area contributed by atoms with E-state index in [0.717, 1.165) is 25.7 Å². The SMILES string of the molecule is CCC1CCN(C(=O)NC2CC(C)C2)C(C(=O)O)C1. The molecule has 5 nitrogen and oxygen atoms in total. The van der Waals surface area contributed by atoms with Crippen molar-refractivity contribution in [1.82, 2.24) is 10.2 Å². The van der Waals surface area contributed by atoms with Gasteiger partial charge in [0.1, 0.15) is 6.04 Å². The minimum Gasteiger partial charge on any atom is -0.480 e. The van der Waals surface area contributed by atoms with Crippen LogP contribution in [0.2, 0.25) is 0 Å². The Kier molecular flexibility index (Phi) is 4.32. The highest BCUT2D eigenvalue weighted by Gasteiger charge is 2.37. The van der Waals surface area contributed by atoms with Crippen LogP contribution in [-0.2, 0) is 4.79 Å². The van der Waals surface area contributed by atoms with E-state index in [1.54, 1.807) is 0 Å². The molecule has 2 unspecified atom stereocenters. The molecule has 2 atom stereocenters. The summed E-state index contributed by atoms with van der Waals surface area (Å²) in [5.74, 6) is 0.218. The molecule has 0 aromatic rings. The van der Waals surface area contributed by atoms with Crippen LogP contribution in [0.4, 0.5) is 4.79 Å². The minimum atomic E-state index is -0.879. The van der Waals surface area contributed by atoms with Gasteiger partial charge in [-0.2, -0.15) is 0 Å². The lowest BCUT2D eigenvalue weighted by atomic mass is 9.82. The van der Waals surface area contributed by atoms with Gasteiger partial charge in [-0.1, -0.05) is 20.3 Å². The Hall–Kier alpha value is -1.26. The zero-order valence-corrected chi connectivity index (χ0v) is 11.8. The molecule has 2 amide bonds. The van der Waals surface area contributed by atoms with Gasteiger partial charge < -0.3 is 15.3 Å². The van der Waals surface area contributed by atoms with Crippen LogP contribution in [0.1, 0.15) is 46.0 Å². The van der Waals surface area contributed by atoms with Crippen molar-refractivity contribution in [3.05, 3.63) is 0 Å². The fourth-order valence-corrected chi connectivity index (χ4v) is 3.16. The maximum absolute atomic E-state index is 12.2. The second-order valence-electron chi connectivity index (χ2n) is 6.07. The van der Waals surface area contributed by atoms with E-state index in [0.29, 0.717) is 24.8 Å². The molecule has 2 rings (SSSR count). The largest absolute Gasteiger partial charge is 0.480 e. The number of carboxylic acid groups (broad SMARTS) is 1. The third kappa shape index (κ3) is 3.19. The van der Waals surface area contributed by atoms with E-state index in [1.165, 1.54) is 4.90 Å². The van der Waals surface area contributed by atoms with E-state index in [4.69, 9.17) is 0 Å². The molecular weight excluding hydrogens is 244 g/mol. The molecule has 19 heavy (non-hydrogen) atoms. The summed E-state index contributed by atoms with van der Waals surface area (Å²) in [6, 6.07) is -0.615. The number of urea groups is 1. The molecule has 0 aromatic carbocycles. The van der Waals surface area contributed by atoms with Crippen LogP contribution in [0.5, 0.6) is 0 Å². The van der Waals surface area contributed by atoms with E-state index in [9.17, 15) is 14.7 Å². The van der Waals surface area contributed by atoms with E-state index in [1.807, 2.05) is 0 Å². The minimum absolute atomic E-state index is 0.196. The topological polar surface area (TPSA) is 69.6 Å². The number of hydrogen-bond acceptors (Lipinski definition) is 2. The molecule has 0 spiro atoms. The molecule has 1 saturated carbocycles. The summed E-state index contributed by atoms with van der Waals surface area (Å²) in [5.41, 5.74) is 0. The van der Waals surface area contributed by atoms with Gasteiger partial charge in [-0.3, -0.25) is 0 Å². The first-order valence-corrected chi connectivity index (χ1v) is 7.31. The second-order valence-corrected chi connectivity index (χ2v) is 6.07. The van der Waals surface area contributed by atoms with Crippen LogP contribution >= 0.6 is 0 Å². The molecular formula is C14H24N2O3. The molecule has 0 bridgehead atoms. The Morgan fingerprint density at radius 3 is 2.53 bits per heavy atom. The normalized spacial score (nSPS) is 34.5. The van der Waals surface area contributed by atoms with Gasteiger partial charge in [0.05, 0.1) is 0 Å². The zero-order chi connectivity index (χ0) is 14.0. The molecule has 1 aliphatic heterocycles. The van der Waals surface area contributed by atoms with Crippen molar-refractivity contribution in [1.29, 1.82) is 0 Å². The van der Waals surface area contributed by atoms with Crippen molar-refractivity contribution >= 4 is 12.0 Å². The first kappa shape index (κ1) is 14.2. The molecule has 2 aliphatic rings. The lowest BCUT2D eigenvalue weighted by Crippen LogP contribution is -2.56. The van der Waals surface area contributed by atoms with Gasteiger partial charge in [0.15, 0.2) is 0 Å². The highest BCUT2D eigenvalue weighted by Crippen LogP contribution is 2.28. The van der Waals surface area contributed by atoms with Crippen LogP contribution in [0.25, 0.3) is 0 Å². The third-order valence-corrected chi connectivity index (χ3v) is 4.54. The molecule has 1 saturated heterocycles. The predicted molar refractivity (Wildman–Crippen MR) is 71.9 cm³/mol.